The number of furan rings is 1. The topological polar surface area (TPSA) is 110 Å². The number of aromatic carboxylic acids is 1. The Labute approximate surface area is 166 Å². The van der Waals surface area contributed by atoms with Gasteiger partial charge < -0.3 is 19.0 Å². The largest absolute Gasteiger partial charge is 0.493 e. The van der Waals surface area contributed by atoms with Crippen LogP contribution in [0.15, 0.2) is 70.2 Å². The number of rotatable bonds is 8. The first kappa shape index (κ1) is 19.7. The lowest BCUT2D eigenvalue weighted by molar-refractivity contribution is 0.0657. The van der Waals surface area contributed by atoms with Crippen LogP contribution in [0.2, 0.25) is 0 Å². The zero-order valence-corrected chi connectivity index (χ0v) is 15.5. The highest BCUT2D eigenvalue weighted by Gasteiger charge is 2.11. The first-order chi connectivity index (χ1) is 14.1. The fourth-order valence-corrected chi connectivity index (χ4v) is 2.42. The minimum Gasteiger partial charge on any atom is -0.493 e. The summed E-state index contributed by atoms with van der Waals surface area (Å²) < 4.78 is 16.1. The number of ether oxygens (including phenoxy) is 2. The summed E-state index contributed by atoms with van der Waals surface area (Å²) in [5.74, 6) is -0.331. The molecule has 8 heteroatoms. The average Bonchev–Trinajstić information content (AvgIpc) is 3.22. The fourth-order valence-electron chi connectivity index (χ4n) is 2.42. The molecule has 8 nitrogen and oxygen atoms in total. The molecule has 0 spiro atoms. The molecule has 1 heterocycles. The van der Waals surface area contributed by atoms with Crippen molar-refractivity contribution in [1.82, 2.24) is 5.43 Å². The van der Waals surface area contributed by atoms with Gasteiger partial charge in [0.1, 0.15) is 12.4 Å². The van der Waals surface area contributed by atoms with Crippen LogP contribution in [-0.4, -0.2) is 30.3 Å². The Balaban J connectivity index is 1.61. The molecule has 29 heavy (non-hydrogen) atoms. The number of carbonyl (C=O) groups is 2. The van der Waals surface area contributed by atoms with Gasteiger partial charge in [-0.2, -0.15) is 5.10 Å². The van der Waals surface area contributed by atoms with Crippen molar-refractivity contribution in [2.45, 2.75) is 6.61 Å². The summed E-state index contributed by atoms with van der Waals surface area (Å²) in [6, 6.07) is 16.8. The van der Waals surface area contributed by atoms with E-state index in [-0.39, 0.29) is 18.3 Å². The number of hydrogen-bond acceptors (Lipinski definition) is 6. The number of benzene rings is 2. The van der Waals surface area contributed by atoms with E-state index in [1.165, 1.54) is 25.5 Å². The fraction of sp³-hybridized carbons (Fsp3) is 0.0952. The zero-order chi connectivity index (χ0) is 20.6. The van der Waals surface area contributed by atoms with Crippen LogP contribution >= 0.6 is 0 Å². The maximum absolute atomic E-state index is 12.0. The van der Waals surface area contributed by atoms with Crippen LogP contribution in [0.1, 0.15) is 32.2 Å². The van der Waals surface area contributed by atoms with Gasteiger partial charge in [-0.25, -0.2) is 10.2 Å². The number of hydrazone groups is 1. The minimum absolute atomic E-state index is 0.0458. The van der Waals surface area contributed by atoms with E-state index in [9.17, 15) is 9.59 Å². The molecule has 0 atom stereocenters. The van der Waals surface area contributed by atoms with Gasteiger partial charge in [0, 0.05) is 5.56 Å². The van der Waals surface area contributed by atoms with Crippen molar-refractivity contribution in [2.24, 2.45) is 5.10 Å². The molecule has 0 saturated carbocycles. The number of hydrogen-bond donors (Lipinski definition) is 2. The van der Waals surface area contributed by atoms with Crippen molar-refractivity contribution in [1.29, 1.82) is 0 Å². The van der Waals surface area contributed by atoms with Gasteiger partial charge in [-0.1, -0.05) is 18.2 Å². The van der Waals surface area contributed by atoms with Crippen LogP contribution in [0.25, 0.3) is 0 Å². The smallest absolute Gasteiger partial charge is 0.371 e. The summed E-state index contributed by atoms with van der Waals surface area (Å²) >= 11 is 0. The lowest BCUT2D eigenvalue weighted by Crippen LogP contribution is -2.17. The van der Waals surface area contributed by atoms with Gasteiger partial charge in [0.05, 0.1) is 13.3 Å². The van der Waals surface area contributed by atoms with Crippen molar-refractivity contribution in [3.8, 4) is 11.5 Å². The van der Waals surface area contributed by atoms with Gasteiger partial charge in [-0.3, -0.25) is 4.79 Å². The number of nitrogens with zero attached hydrogens (tertiary/aromatic N) is 1. The van der Waals surface area contributed by atoms with E-state index in [1.807, 2.05) is 6.07 Å². The maximum Gasteiger partial charge on any atom is 0.371 e. The number of carbonyl (C=O) groups excluding carboxylic acids is 1. The summed E-state index contributed by atoms with van der Waals surface area (Å²) in [6.07, 6.45) is 1.48. The van der Waals surface area contributed by atoms with Gasteiger partial charge >= 0.3 is 5.97 Å². The van der Waals surface area contributed by atoms with Crippen molar-refractivity contribution in [2.75, 3.05) is 7.11 Å². The average molecular weight is 394 g/mol. The highest BCUT2D eigenvalue weighted by Crippen LogP contribution is 2.28. The van der Waals surface area contributed by atoms with E-state index < -0.39 is 5.97 Å². The molecule has 2 N–H and O–H groups in total. The Morgan fingerprint density at radius 2 is 1.90 bits per heavy atom. The molecule has 0 bridgehead atoms. The second kappa shape index (κ2) is 9.23. The summed E-state index contributed by atoms with van der Waals surface area (Å²) in [4.78, 5) is 22.8. The van der Waals surface area contributed by atoms with Crippen LogP contribution in [0.5, 0.6) is 11.5 Å². The summed E-state index contributed by atoms with van der Waals surface area (Å²) in [5, 5.41) is 12.8. The second-order valence-electron chi connectivity index (χ2n) is 5.84. The normalized spacial score (nSPS) is 10.7. The number of carboxylic acid groups (broad SMARTS) is 1. The van der Waals surface area contributed by atoms with E-state index in [2.05, 4.69) is 10.5 Å². The van der Waals surface area contributed by atoms with Crippen LogP contribution in [-0.2, 0) is 6.61 Å². The maximum atomic E-state index is 12.0. The molecule has 1 aromatic heterocycles. The molecule has 0 saturated heterocycles. The Hall–Kier alpha value is -4.07. The van der Waals surface area contributed by atoms with Crippen molar-refractivity contribution in [3.05, 3.63) is 83.3 Å². The van der Waals surface area contributed by atoms with E-state index in [4.69, 9.17) is 19.0 Å². The Morgan fingerprint density at radius 3 is 2.59 bits per heavy atom. The molecule has 0 aliphatic rings. The molecule has 3 rings (SSSR count). The summed E-state index contributed by atoms with van der Waals surface area (Å²) in [6.45, 7) is 0.0458. The predicted molar refractivity (Wildman–Crippen MR) is 104 cm³/mol. The second-order valence-corrected chi connectivity index (χ2v) is 5.84. The lowest BCUT2D eigenvalue weighted by atomic mass is 10.2. The third-order valence-corrected chi connectivity index (χ3v) is 3.85. The highest BCUT2D eigenvalue weighted by atomic mass is 16.5. The van der Waals surface area contributed by atoms with Crippen molar-refractivity contribution < 1.29 is 28.6 Å². The Morgan fingerprint density at radius 1 is 1.10 bits per heavy atom. The van der Waals surface area contributed by atoms with Gasteiger partial charge in [-0.05, 0) is 48.0 Å². The van der Waals surface area contributed by atoms with Crippen LogP contribution < -0.4 is 14.9 Å². The van der Waals surface area contributed by atoms with Crippen LogP contribution in [0.4, 0.5) is 0 Å². The third kappa shape index (κ3) is 5.23. The quantitative estimate of drug-likeness (QED) is 0.448. The van der Waals surface area contributed by atoms with Crippen molar-refractivity contribution >= 4 is 18.1 Å². The number of nitrogens with one attached hydrogen (secondary N) is 1. The number of carboxylic acids is 1. The molecular formula is C21H18N2O6. The zero-order valence-electron chi connectivity index (χ0n) is 15.5. The van der Waals surface area contributed by atoms with E-state index >= 15 is 0 Å². The van der Waals surface area contributed by atoms with Crippen LogP contribution in [0.3, 0.4) is 0 Å². The van der Waals surface area contributed by atoms with Gasteiger partial charge in [0.15, 0.2) is 11.5 Å². The standard InChI is InChI=1S/C21H18N2O6/c1-27-19-11-14(12-22-23-20(24)15-5-3-2-4-6-15)7-9-17(19)28-13-16-8-10-18(29-16)21(25)26/h2-12H,13H2,1H3,(H,23,24)(H,25,26)/b22-12-. The van der Waals surface area contributed by atoms with Gasteiger partial charge in [-0.15, -0.1) is 0 Å². The summed E-state index contributed by atoms with van der Waals surface area (Å²) in [5.41, 5.74) is 3.65. The SMILES string of the molecule is COc1cc(/C=N\NC(=O)c2ccccc2)ccc1OCc1ccc(C(=O)O)o1. The summed E-state index contributed by atoms with van der Waals surface area (Å²) in [7, 11) is 1.50. The molecule has 0 aliphatic carbocycles. The van der Waals surface area contributed by atoms with E-state index in [0.717, 1.165) is 0 Å². The molecule has 2 aromatic carbocycles. The molecule has 0 fully saturated rings. The van der Waals surface area contributed by atoms with E-state index in [0.29, 0.717) is 28.4 Å². The number of amides is 1. The first-order valence-electron chi connectivity index (χ1n) is 8.58. The molecule has 1 amide bonds. The Kier molecular flexibility index (Phi) is 6.26. The third-order valence-electron chi connectivity index (χ3n) is 3.85. The monoisotopic (exact) mass is 394 g/mol. The Bertz CT molecular complexity index is 1030. The molecule has 148 valence electrons. The molecule has 0 radical (unpaired) electrons. The van der Waals surface area contributed by atoms with Crippen LogP contribution in [0, 0.1) is 0 Å². The van der Waals surface area contributed by atoms with Gasteiger partial charge in [0.25, 0.3) is 5.91 Å². The molecule has 3 aromatic rings. The molecule has 0 unspecified atom stereocenters. The number of methoxy groups -OCH3 is 1. The lowest BCUT2D eigenvalue weighted by Gasteiger charge is -2.10. The molecular weight excluding hydrogens is 376 g/mol. The van der Waals surface area contributed by atoms with Gasteiger partial charge in [0.2, 0.25) is 5.76 Å². The highest BCUT2D eigenvalue weighted by molar-refractivity contribution is 5.94. The van der Waals surface area contributed by atoms with E-state index in [1.54, 1.807) is 42.5 Å². The first-order valence-corrected chi connectivity index (χ1v) is 8.58. The molecule has 0 aliphatic heterocycles. The predicted octanol–water partition coefficient (Wildman–Crippen LogP) is 3.33. The van der Waals surface area contributed by atoms with Crippen molar-refractivity contribution in [3.63, 3.8) is 0 Å². The minimum atomic E-state index is -1.14.